The Bertz CT molecular complexity index is 1010. The van der Waals surface area contributed by atoms with Crippen LogP contribution in [0.3, 0.4) is 0 Å². The molecule has 0 spiro atoms. The highest BCUT2D eigenvalue weighted by Gasteiger charge is 2.31. The van der Waals surface area contributed by atoms with Crippen LogP contribution < -0.4 is 5.32 Å². The Kier molecular flexibility index (Phi) is 5.36. The Labute approximate surface area is 169 Å². The van der Waals surface area contributed by atoms with Crippen molar-refractivity contribution in [1.29, 1.82) is 0 Å². The second-order valence-electron chi connectivity index (χ2n) is 8.27. The number of H-pyrrole nitrogens is 1. The van der Waals surface area contributed by atoms with E-state index in [1.54, 1.807) is 10.9 Å². The Balaban J connectivity index is 1.50. The third-order valence-corrected chi connectivity index (χ3v) is 5.38. The fourth-order valence-electron chi connectivity index (χ4n) is 3.99. The number of aromatic amines is 1. The number of aromatic nitrogens is 4. The SMILES string of the molecule is CC(C)CN1CC[C@H](NC(=O)c2n[nH]c3ccc(-c4cnn(C)c4)cc23)[C@H](F)C1. The lowest BCUT2D eigenvalue weighted by Crippen LogP contribution is -2.53. The number of benzene rings is 1. The van der Waals surface area contributed by atoms with Crippen molar-refractivity contribution in [3.63, 3.8) is 0 Å². The van der Waals surface area contributed by atoms with Crippen LogP contribution in [0.4, 0.5) is 4.39 Å². The summed E-state index contributed by atoms with van der Waals surface area (Å²) in [6.07, 6.45) is 3.21. The molecule has 29 heavy (non-hydrogen) atoms. The number of rotatable bonds is 5. The van der Waals surface area contributed by atoms with Crippen molar-refractivity contribution >= 4 is 16.8 Å². The molecule has 1 amide bonds. The maximum Gasteiger partial charge on any atom is 0.272 e. The Morgan fingerprint density at radius 1 is 1.38 bits per heavy atom. The molecule has 3 aromatic rings. The molecule has 2 aromatic heterocycles. The van der Waals surface area contributed by atoms with Crippen LogP contribution in [0.2, 0.25) is 0 Å². The van der Waals surface area contributed by atoms with Gasteiger partial charge in [-0.1, -0.05) is 19.9 Å². The van der Waals surface area contributed by atoms with Crippen LogP contribution in [0, 0.1) is 5.92 Å². The minimum Gasteiger partial charge on any atom is -0.345 e. The number of aryl methyl sites for hydroxylation is 1. The predicted molar refractivity (Wildman–Crippen MR) is 110 cm³/mol. The number of alkyl halides is 1. The van der Waals surface area contributed by atoms with Crippen LogP contribution in [0.15, 0.2) is 30.6 Å². The fourth-order valence-corrected chi connectivity index (χ4v) is 3.99. The average molecular weight is 398 g/mol. The van der Waals surface area contributed by atoms with Gasteiger partial charge in [-0.2, -0.15) is 10.2 Å². The second kappa shape index (κ2) is 7.94. The lowest BCUT2D eigenvalue weighted by Gasteiger charge is -2.35. The van der Waals surface area contributed by atoms with E-state index >= 15 is 0 Å². The van der Waals surface area contributed by atoms with E-state index in [4.69, 9.17) is 0 Å². The van der Waals surface area contributed by atoms with E-state index < -0.39 is 12.2 Å². The van der Waals surface area contributed by atoms with E-state index in [0.717, 1.165) is 35.1 Å². The molecule has 8 heteroatoms. The van der Waals surface area contributed by atoms with E-state index in [1.807, 2.05) is 31.4 Å². The van der Waals surface area contributed by atoms with Crippen LogP contribution >= 0.6 is 0 Å². The number of amides is 1. The first-order chi connectivity index (χ1) is 13.9. The van der Waals surface area contributed by atoms with Crippen molar-refractivity contribution in [2.45, 2.75) is 32.5 Å². The van der Waals surface area contributed by atoms with Gasteiger partial charge in [0.25, 0.3) is 5.91 Å². The van der Waals surface area contributed by atoms with Gasteiger partial charge < -0.3 is 10.2 Å². The quantitative estimate of drug-likeness (QED) is 0.693. The number of nitrogens with zero attached hydrogens (tertiary/aromatic N) is 4. The normalized spacial score (nSPS) is 20.4. The Morgan fingerprint density at radius 2 is 2.21 bits per heavy atom. The first kappa shape index (κ1) is 19.6. The van der Waals surface area contributed by atoms with Gasteiger partial charge in [-0.05, 0) is 30.0 Å². The predicted octanol–water partition coefficient (Wildman–Crippen LogP) is 2.76. The number of halogens is 1. The number of likely N-dealkylation sites (tertiary alicyclic amines) is 1. The molecule has 0 unspecified atom stereocenters. The van der Waals surface area contributed by atoms with Crippen LogP contribution in [-0.4, -0.2) is 62.6 Å². The van der Waals surface area contributed by atoms with E-state index in [2.05, 4.69) is 39.4 Å². The zero-order valence-electron chi connectivity index (χ0n) is 17.0. The summed E-state index contributed by atoms with van der Waals surface area (Å²) < 4.78 is 16.4. The summed E-state index contributed by atoms with van der Waals surface area (Å²) in [6, 6.07) is 5.28. The van der Waals surface area contributed by atoms with Gasteiger partial charge in [0.1, 0.15) is 6.17 Å². The fraction of sp³-hybridized carbons (Fsp3) is 0.476. The highest BCUT2D eigenvalue weighted by molar-refractivity contribution is 6.05. The van der Waals surface area contributed by atoms with Gasteiger partial charge >= 0.3 is 0 Å². The minimum absolute atomic E-state index is 0.294. The topological polar surface area (TPSA) is 78.8 Å². The third kappa shape index (κ3) is 4.17. The molecule has 2 atom stereocenters. The molecule has 3 heterocycles. The highest BCUT2D eigenvalue weighted by Crippen LogP contribution is 2.25. The van der Waals surface area contributed by atoms with Crippen LogP contribution in [0.1, 0.15) is 30.8 Å². The van der Waals surface area contributed by atoms with Crippen molar-refractivity contribution in [2.24, 2.45) is 13.0 Å². The monoisotopic (exact) mass is 398 g/mol. The lowest BCUT2D eigenvalue weighted by molar-refractivity contribution is 0.0748. The van der Waals surface area contributed by atoms with E-state index in [0.29, 0.717) is 24.6 Å². The number of nitrogens with one attached hydrogen (secondary N) is 2. The first-order valence-corrected chi connectivity index (χ1v) is 10.0. The maximum atomic E-state index is 14.7. The summed E-state index contributed by atoms with van der Waals surface area (Å²) in [5, 5.41) is 14.9. The van der Waals surface area contributed by atoms with Crippen molar-refractivity contribution < 1.29 is 9.18 Å². The smallest absolute Gasteiger partial charge is 0.272 e. The molecule has 1 fully saturated rings. The van der Waals surface area contributed by atoms with Gasteiger partial charge in [0.15, 0.2) is 5.69 Å². The van der Waals surface area contributed by atoms with Gasteiger partial charge in [0, 0.05) is 43.8 Å². The Hall–Kier alpha value is -2.74. The van der Waals surface area contributed by atoms with Crippen LogP contribution in [0.5, 0.6) is 0 Å². The molecule has 1 aliphatic heterocycles. The third-order valence-electron chi connectivity index (χ3n) is 5.38. The van der Waals surface area contributed by atoms with E-state index in [9.17, 15) is 9.18 Å². The number of carbonyl (C=O) groups excluding carboxylic acids is 1. The van der Waals surface area contributed by atoms with Gasteiger partial charge in [-0.25, -0.2) is 4.39 Å². The van der Waals surface area contributed by atoms with Gasteiger partial charge in [0.2, 0.25) is 0 Å². The summed E-state index contributed by atoms with van der Waals surface area (Å²) in [5.74, 6) is 0.155. The summed E-state index contributed by atoms with van der Waals surface area (Å²) in [6.45, 7) is 6.28. The summed E-state index contributed by atoms with van der Waals surface area (Å²) in [5.41, 5.74) is 2.98. The zero-order chi connectivity index (χ0) is 20.5. The molecule has 0 saturated carbocycles. The molecule has 1 saturated heterocycles. The van der Waals surface area contributed by atoms with Crippen molar-refractivity contribution in [1.82, 2.24) is 30.2 Å². The molecule has 0 aliphatic carbocycles. The number of carbonyl (C=O) groups is 1. The van der Waals surface area contributed by atoms with Crippen molar-refractivity contribution in [3.05, 3.63) is 36.3 Å². The summed E-state index contributed by atoms with van der Waals surface area (Å²) >= 11 is 0. The molecule has 1 aliphatic rings. The Morgan fingerprint density at radius 3 is 2.90 bits per heavy atom. The van der Waals surface area contributed by atoms with E-state index in [-0.39, 0.29) is 5.91 Å². The molecular formula is C21H27FN6O. The molecule has 4 rings (SSSR count). The molecular weight excluding hydrogens is 371 g/mol. The molecule has 1 aromatic carbocycles. The molecule has 2 N–H and O–H groups in total. The minimum atomic E-state index is -1.08. The molecule has 0 bridgehead atoms. The van der Waals surface area contributed by atoms with Gasteiger partial charge in [0.05, 0.1) is 17.8 Å². The van der Waals surface area contributed by atoms with Crippen molar-refractivity contribution in [2.75, 3.05) is 19.6 Å². The summed E-state index contributed by atoms with van der Waals surface area (Å²) in [7, 11) is 1.86. The largest absolute Gasteiger partial charge is 0.345 e. The number of fused-ring (bicyclic) bond motifs is 1. The van der Waals surface area contributed by atoms with E-state index in [1.165, 1.54) is 0 Å². The second-order valence-corrected chi connectivity index (χ2v) is 8.27. The van der Waals surface area contributed by atoms with Gasteiger partial charge in [-0.3, -0.25) is 14.6 Å². The molecule has 0 radical (unpaired) electrons. The number of hydrogen-bond donors (Lipinski definition) is 2. The van der Waals surface area contributed by atoms with Gasteiger partial charge in [-0.15, -0.1) is 0 Å². The maximum absolute atomic E-state index is 14.7. The summed E-state index contributed by atoms with van der Waals surface area (Å²) in [4.78, 5) is 15.0. The lowest BCUT2D eigenvalue weighted by atomic mass is 10.0. The standard InChI is InChI=1S/C21H27FN6O/c1-13(2)10-28-7-6-19(17(22)12-28)24-21(29)20-16-8-14(4-5-18(16)25-26-20)15-9-23-27(3)11-15/h4-5,8-9,11,13,17,19H,6-7,10,12H2,1-3H3,(H,24,29)(H,25,26)/t17-,19+/m1/s1. The zero-order valence-corrected chi connectivity index (χ0v) is 17.0. The molecule has 154 valence electrons. The van der Waals surface area contributed by atoms with Crippen molar-refractivity contribution in [3.8, 4) is 11.1 Å². The average Bonchev–Trinajstić information content (AvgIpc) is 3.29. The highest BCUT2D eigenvalue weighted by atomic mass is 19.1. The molecule has 7 nitrogen and oxygen atoms in total. The number of hydrogen-bond acceptors (Lipinski definition) is 4. The first-order valence-electron chi connectivity index (χ1n) is 10.0. The number of piperidine rings is 1. The van der Waals surface area contributed by atoms with Crippen LogP contribution in [0.25, 0.3) is 22.0 Å². The van der Waals surface area contributed by atoms with Crippen LogP contribution in [-0.2, 0) is 7.05 Å².